The van der Waals surface area contributed by atoms with E-state index in [9.17, 15) is 9.00 Å². The van der Waals surface area contributed by atoms with Gasteiger partial charge in [-0.15, -0.1) is 24.0 Å². The van der Waals surface area contributed by atoms with Crippen LogP contribution >= 0.6 is 24.0 Å². The van der Waals surface area contributed by atoms with Crippen LogP contribution in [0.2, 0.25) is 0 Å². The number of benzene rings is 1. The van der Waals surface area contributed by atoms with Crippen LogP contribution < -0.4 is 15.4 Å². The second-order valence-electron chi connectivity index (χ2n) is 8.12. The Morgan fingerprint density at radius 1 is 1.23 bits per heavy atom. The summed E-state index contributed by atoms with van der Waals surface area (Å²) in [6.07, 6.45) is 4.78. The van der Waals surface area contributed by atoms with Gasteiger partial charge in [-0.2, -0.15) is 0 Å². The van der Waals surface area contributed by atoms with Crippen LogP contribution in [0.15, 0.2) is 29.3 Å². The molecule has 1 saturated carbocycles. The molecule has 0 radical (unpaired) electrons. The van der Waals surface area contributed by atoms with Gasteiger partial charge in [-0.1, -0.05) is 31.5 Å². The maximum absolute atomic E-state index is 12.3. The number of hydrogen-bond donors (Lipinski definition) is 2. The lowest BCUT2D eigenvalue weighted by Crippen LogP contribution is -2.48. The van der Waals surface area contributed by atoms with Gasteiger partial charge in [0.05, 0.1) is 12.6 Å². The summed E-state index contributed by atoms with van der Waals surface area (Å²) in [5, 5.41) is 7.29. The number of fused-ring (bicyclic) bond motifs is 1. The first-order valence-electron chi connectivity index (χ1n) is 10.8. The van der Waals surface area contributed by atoms with Crippen molar-refractivity contribution in [2.24, 2.45) is 4.99 Å². The Bertz CT molecular complexity index is 790. The maximum Gasteiger partial charge on any atom is 0.243 e. The van der Waals surface area contributed by atoms with E-state index in [1.807, 2.05) is 25.1 Å². The van der Waals surface area contributed by atoms with Crippen molar-refractivity contribution in [2.45, 2.75) is 56.4 Å². The highest BCUT2D eigenvalue weighted by Gasteiger charge is 2.28. The minimum absolute atomic E-state index is 0. The quantitative estimate of drug-likeness (QED) is 0.317. The Hall–Kier alpha value is -1.36. The molecular formula is C22H35IN4O3S. The van der Waals surface area contributed by atoms with Gasteiger partial charge in [0.2, 0.25) is 5.91 Å². The van der Waals surface area contributed by atoms with Gasteiger partial charge in [0.15, 0.2) is 5.96 Å². The lowest BCUT2D eigenvalue weighted by Gasteiger charge is -2.32. The van der Waals surface area contributed by atoms with Gasteiger partial charge in [0.1, 0.15) is 12.3 Å². The Kier molecular flexibility index (Phi) is 10.5. The molecule has 174 valence electrons. The van der Waals surface area contributed by atoms with E-state index in [0.717, 1.165) is 43.4 Å². The third kappa shape index (κ3) is 7.34. The Balaban J connectivity index is 0.00000341. The average Bonchev–Trinajstić information content (AvgIpc) is 2.77. The zero-order valence-corrected chi connectivity index (χ0v) is 21.8. The zero-order valence-electron chi connectivity index (χ0n) is 18.6. The highest BCUT2D eigenvalue weighted by atomic mass is 127. The van der Waals surface area contributed by atoms with Gasteiger partial charge < -0.3 is 20.3 Å². The highest BCUT2D eigenvalue weighted by Crippen LogP contribution is 2.31. The number of nitrogens with one attached hydrogen (secondary N) is 2. The molecule has 1 aromatic carbocycles. The number of ether oxygens (including phenoxy) is 1. The number of likely N-dealkylation sites (N-methyl/N-ethyl adjacent to an activating group) is 1. The van der Waals surface area contributed by atoms with Crippen molar-refractivity contribution >= 4 is 46.6 Å². The predicted octanol–water partition coefficient (Wildman–Crippen LogP) is 2.83. The van der Waals surface area contributed by atoms with Gasteiger partial charge >= 0.3 is 0 Å². The molecule has 1 amide bonds. The molecule has 0 saturated heterocycles. The highest BCUT2D eigenvalue weighted by molar-refractivity contribution is 14.0. The molecule has 0 aromatic heterocycles. The van der Waals surface area contributed by atoms with Crippen molar-refractivity contribution in [2.75, 3.05) is 33.0 Å². The van der Waals surface area contributed by atoms with Crippen LogP contribution in [0.1, 0.15) is 50.6 Å². The van der Waals surface area contributed by atoms with Crippen molar-refractivity contribution in [1.29, 1.82) is 0 Å². The third-order valence-electron chi connectivity index (χ3n) is 5.76. The molecule has 2 aliphatic rings. The summed E-state index contributed by atoms with van der Waals surface area (Å²) in [5.41, 5.74) is 1.10. The molecule has 1 aliphatic heterocycles. The lowest BCUT2D eigenvalue weighted by molar-refractivity contribution is -0.127. The van der Waals surface area contributed by atoms with E-state index in [0.29, 0.717) is 18.3 Å². The van der Waals surface area contributed by atoms with Crippen molar-refractivity contribution in [3.05, 3.63) is 29.8 Å². The largest absolute Gasteiger partial charge is 0.493 e. The number of nitrogens with zero attached hydrogens (tertiary/aromatic N) is 2. The van der Waals surface area contributed by atoms with Crippen LogP contribution in [0.5, 0.6) is 5.75 Å². The molecule has 31 heavy (non-hydrogen) atoms. The van der Waals surface area contributed by atoms with E-state index in [2.05, 4.69) is 21.7 Å². The van der Waals surface area contributed by atoms with Crippen LogP contribution in [0.4, 0.5) is 0 Å². The smallest absolute Gasteiger partial charge is 0.243 e. The Morgan fingerprint density at radius 3 is 2.74 bits per heavy atom. The van der Waals surface area contributed by atoms with E-state index in [1.165, 1.54) is 0 Å². The number of carbonyl (C=O) groups excluding carboxylic acids is 1. The van der Waals surface area contributed by atoms with E-state index >= 15 is 0 Å². The molecule has 0 bridgehead atoms. The fourth-order valence-corrected chi connectivity index (χ4v) is 5.37. The number of guanidine groups is 1. The molecule has 4 unspecified atom stereocenters. The lowest BCUT2D eigenvalue weighted by atomic mass is 9.95. The second-order valence-corrected chi connectivity index (χ2v) is 10.1. The summed E-state index contributed by atoms with van der Waals surface area (Å²) in [6.45, 7) is 2.71. The molecular weight excluding hydrogens is 527 g/mol. The van der Waals surface area contributed by atoms with Crippen LogP contribution in [0.3, 0.4) is 0 Å². The summed E-state index contributed by atoms with van der Waals surface area (Å²) in [7, 11) is 2.69. The standard InChI is InChI=1S/C22H34N4O3S.HI/c1-4-30(28)17-9-7-8-16(14-17)24-22(23-15-21(27)26(2)3)25-19-12-13-29-20-11-6-5-10-18(19)20;/h5-6,10-11,16-17,19H,4,7-9,12-15H2,1-3H3,(H2,23,24,25);1H. The number of hydrogen-bond acceptors (Lipinski definition) is 4. The molecule has 1 aromatic rings. The second kappa shape index (κ2) is 12.6. The molecule has 1 fully saturated rings. The van der Waals surface area contributed by atoms with Gasteiger partial charge in [-0.05, 0) is 25.3 Å². The molecule has 1 aliphatic carbocycles. The molecule has 4 atom stereocenters. The number of carbonyl (C=O) groups is 1. The Morgan fingerprint density at radius 2 is 2.00 bits per heavy atom. The van der Waals surface area contributed by atoms with Gasteiger partial charge in [0.25, 0.3) is 0 Å². The van der Waals surface area contributed by atoms with Crippen LogP contribution in [-0.4, -0.2) is 65.3 Å². The summed E-state index contributed by atoms with van der Waals surface area (Å²) in [4.78, 5) is 18.2. The minimum atomic E-state index is -0.780. The summed E-state index contributed by atoms with van der Waals surface area (Å²) < 4.78 is 18.1. The first kappa shape index (κ1) is 25.9. The summed E-state index contributed by atoms with van der Waals surface area (Å²) in [5.74, 6) is 2.19. The van der Waals surface area contributed by atoms with Gasteiger partial charge in [-0.3, -0.25) is 9.00 Å². The first-order valence-corrected chi connectivity index (χ1v) is 12.2. The van der Waals surface area contributed by atoms with Crippen molar-refractivity contribution < 1.29 is 13.7 Å². The molecule has 1 heterocycles. The molecule has 2 N–H and O–H groups in total. The third-order valence-corrected chi connectivity index (χ3v) is 7.50. The predicted molar refractivity (Wildman–Crippen MR) is 137 cm³/mol. The first-order chi connectivity index (χ1) is 14.5. The number of para-hydroxylation sites is 1. The normalized spacial score (nSPS) is 24.1. The summed E-state index contributed by atoms with van der Waals surface area (Å²) in [6, 6.07) is 8.30. The van der Waals surface area contributed by atoms with E-state index < -0.39 is 10.8 Å². The van der Waals surface area contributed by atoms with Gasteiger partial charge in [-0.25, -0.2) is 4.99 Å². The molecule has 7 nitrogen and oxygen atoms in total. The fraction of sp³-hybridized carbons (Fsp3) is 0.636. The molecule has 0 spiro atoms. The number of halogens is 1. The monoisotopic (exact) mass is 562 g/mol. The fourth-order valence-electron chi connectivity index (χ4n) is 4.02. The topological polar surface area (TPSA) is 83.0 Å². The minimum Gasteiger partial charge on any atom is -0.493 e. The van der Waals surface area contributed by atoms with Crippen molar-refractivity contribution in [3.63, 3.8) is 0 Å². The van der Waals surface area contributed by atoms with Crippen molar-refractivity contribution in [3.8, 4) is 5.75 Å². The molecule has 9 heteroatoms. The number of rotatable bonds is 6. The van der Waals surface area contributed by atoms with Crippen LogP contribution in [0.25, 0.3) is 0 Å². The SMILES string of the molecule is CCS(=O)C1CCCC(NC(=NCC(=O)N(C)C)NC2CCOc3ccccc32)C1.I. The van der Waals surface area contributed by atoms with E-state index in [-0.39, 0.29) is 53.8 Å². The van der Waals surface area contributed by atoms with E-state index in [1.54, 1.807) is 19.0 Å². The van der Waals surface area contributed by atoms with E-state index in [4.69, 9.17) is 4.74 Å². The van der Waals surface area contributed by atoms with Gasteiger partial charge in [0, 0.05) is 53.9 Å². The van der Waals surface area contributed by atoms with Crippen LogP contribution in [-0.2, 0) is 15.6 Å². The molecule has 3 rings (SSSR count). The Labute approximate surface area is 205 Å². The zero-order chi connectivity index (χ0) is 21.5. The maximum atomic E-state index is 12.3. The summed E-state index contributed by atoms with van der Waals surface area (Å²) >= 11 is 0. The average molecular weight is 563 g/mol. The number of amides is 1. The van der Waals surface area contributed by atoms with Crippen molar-refractivity contribution in [1.82, 2.24) is 15.5 Å². The number of aliphatic imine (C=N–C) groups is 1. The van der Waals surface area contributed by atoms with Crippen LogP contribution in [0, 0.1) is 0 Å².